The Kier molecular flexibility index (Phi) is 3.17. The van der Waals surface area contributed by atoms with E-state index in [9.17, 15) is 0 Å². The van der Waals surface area contributed by atoms with Gasteiger partial charge in [0.15, 0.2) is 0 Å². The quantitative estimate of drug-likeness (QED) is 0.889. The van der Waals surface area contributed by atoms with Crippen LogP contribution in [0.4, 0.5) is 5.69 Å². The van der Waals surface area contributed by atoms with E-state index in [4.69, 9.17) is 4.98 Å². The van der Waals surface area contributed by atoms with Crippen LogP contribution < -0.4 is 5.32 Å². The molecule has 1 aromatic carbocycles. The number of nitrogens with one attached hydrogen (secondary N) is 1. The maximum Gasteiger partial charge on any atom is 0.0758 e. The molecule has 2 nitrogen and oxygen atoms in total. The molecule has 2 aromatic rings. The van der Waals surface area contributed by atoms with Gasteiger partial charge in [0.2, 0.25) is 0 Å². The van der Waals surface area contributed by atoms with Gasteiger partial charge >= 0.3 is 0 Å². The molecule has 19 heavy (non-hydrogen) atoms. The summed E-state index contributed by atoms with van der Waals surface area (Å²) in [6.07, 6.45) is 4.72. The summed E-state index contributed by atoms with van der Waals surface area (Å²) in [6, 6.07) is 4.41. The van der Waals surface area contributed by atoms with Crippen LogP contribution >= 0.6 is 0 Å². The van der Waals surface area contributed by atoms with Gasteiger partial charge in [0, 0.05) is 23.3 Å². The van der Waals surface area contributed by atoms with Crippen LogP contribution in [0.5, 0.6) is 0 Å². The van der Waals surface area contributed by atoms with E-state index in [0.717, 1.165) is 19.4 Å². The molecule has 1 aliphatic rings. The van der Waals surface area contributed by atoms with Gasteiger partial charge in [-0.3, -0.25) is 4.98 Å². The highest BCUT2D eigenvalue weighted by atomic mass is 14.9. The molecule has 0 saturated carbocycles. The van der Waals surface area contributed by atoms with Gasteiger partial charge in [-0.1, -0.05) is 19.1 Å². The lowest BCUT2D eigenvalue weighted by molar-refractivity contribution is 0.900. The molecule has 0 aliphatic heterocycles. The standard InChI is InChI=1S/C17H22N2/c1-4-10-18-17-13-6-5-7-14(13)19-16-12(3)9-8-11(2)15(16)17/h8-9H,4-7,10H2,1-3H3,(H,18,19). The highest BCUT2D eigenvalue weighted by molar-refractivity contribution is 5.97. The fraction of sp³-hybridized carbons (Fsp3) is 0.471. The van der Waals surface area contributed by atoms with E-state index < -0.39 is 0 Å². The minimum atomic E-state index is 1.04. The molecule has 1 aromatic heterocycles. The molecule has 0 bridgehead atoms. The van der Waals surface area contributed by atoms with E-state index in [1.54, 1.807) is 0 Å². The zero-order valence-corrected chi connectivity index (χ0v) is 12.1. The van der Waals surface area contributed by atoms with Gasteiger partial charge < -0.3 is 5.32 Å². The van der Waals surface area contributed by atoms with E-state index in [1.165, 1.54) is 51.8 Å². The van der Waals surface area contributed by atoms with E-state index in [0.29, 0.717) is 0 Å². The van der Waals surface area contributed by atoms with Crippen molar-refractivity contribution in [3.8, 4) is 0 Å². The SMILES string of the molecule is CCCNc1c2c(nc3c(C)ccc(C)c13)CCC2. The monoisotopic (exact) mass is 254 g/mol. The molecule has 3 rings (SSSR count). The fourth-order valence-corrected chi connectivity index (χ4v) is 3.11. The van der Waals surface area contributed by atoms with Gasteiger partial charge in [0.1, 0.15) is 0 Å². The molecule has 0 fully saturated rings. The summed E-state index contributed by atoms with van der Waals surface area (Å²) in [5.74, 6) is 0. The first-order chi connectivity index (χ1) is 9.22. The summed E-state index contributed by atoms with van der Waals surface area (Å²) < 4.78 is 0. The zero-order valence-electron chi connectivity index (χ0n) is 12.1. The first-order valence-electron chi connectivity index (χ1n) is 7.38. The second-order valence-electron chi connectivity index (χ2n) is 5.62. The smallest absolute Gasteiger partial charge is 0.0758 e. The lowest BCUT2D eigenvalue weighted by Gasteiger charge is -2.17. The Morgan fingerprint density at radius 2 is 1.95 bits per heavy atom. The molecule has 100 valence electrons. The first-order valence-corrected chi connectivity index (χ1v) is 7.38. The van der Waals surface area contributed by atoms with Gasteiger partial charge in [-0.05, 0) is 56.2 Å². The second kappa shape index (κ2) is 4.84. The first kappa shape index (κ1) is 12.5. The van der Waals surface area contributed by atoms with Crippen LogP contribution in [0, 0.1) is 13.8 Å². The van der Waals surface area contributed by atoms with Crippen molar-refractivity contribution >= 4 is 16.6 Å². The Hall–Kier alpha value is -1.57. The number of aromatic nitrogens is 1. The Morgan fingerprint density at radius 3 is 2.74 bits per heavy atom. The van der Waals surface area contributed by atoms with Crippen molar-refractivity contribution in [3.05, 3.63) is 34.5 Å². The van der Waals surface area contributed by atoms with Crippen LogP contribution in [-0.4, -0.2) is 11.5 Å². The number of fused-ring (bicyclic) bond motifs is 2. The number of anilines is 1. The Labute approximate surface area is 115 Å². The molecule has 0 saturated heterocycles. The summed E-state index contributed by atoms with van der Waals surface area (Å²) in [6.45, 7) is 7.62. The fourth-order valence-electron chi connectivity index (χ4n) is 3.11. The lowest BCUT2D eigenvalue weighted by atomic mass is 10.00. The van der Waals surface area contributed by atoms with Crippen LogP contribution in [0.3, 0.4) is 0 Å². The summed E-state index contributed by atoms with van der Waals surface area (Å²) in [5, 5.41) is 5.01. The van der Waals surface area contributed by atoms with Gasteiger partial charge in [0.25, 0.3) is 0 Å². The topological polar surface area (TPSA) is 24.9 Å². The van der Waals surface area contributed by atoms with Crippen LogP contribution in [-0.2, 0) is 12.8 Å². The largest absolute Gasteiger partial charge is 0.384 e. The van der Waals surface area contributed by atoms with Crippen molar-refractivity contribution in [2.24, 2.45) is 0 Å². The minimum absolute atomic E-state index is 1.04. The van der Waals surface area contributed by atoms with E-state index >= 15 is 0 Å². The molecular formula is C17H22N2. The van der Waals surface area contributed by atoms with Crippen LogP contribution in [0.25, 0.3) is 10.9 Å². The van der Waals surface area contributed by atoms with Crippen molar-refractivity contribution < 1.29 is 0 Å². The molecule has 1 heterocycles. The van der Waals surface area contributed by atoms with Gasteiger partial charge in [-0.2, -0.15) is 0 Å². The van der Waals surface area contributed by atoms with Crippen LogP contribution in [0.1, 0.15) is 42.1 Å². The van der Waals surface area contributed by atoms with Crippen molar-refractivity contribution in [2.75, 3.05) is 11.9 Å². The molecule has 0 amide bonds. The molecule has 0 spiro atoms. The van der Waals surface area contributed by atoms with Crippen molar-refractivity contribution in [1.82, 2.24) is 4.98 Å². The number of nitrogens with zero attached hydrogens (tertiary/aromatic N) is 1. The molecule has 0 radical (unpaired) electrons. The molecule has 1 aliphatic carbocycles. The van der Waals surface area contributed by atoms with Crippen LogP contribution in [0.2, 0.25) is 0 Å². The third-order valence-corrected chi connectivity index (χ3v) is 4.13. The third kappa shape index (κ3) is 1.99. The highest BCUT2D eigenvalue weighted by Gasteiger charge is 2.20. The van der Waals surface area contributed by atoms with E-state index in [-0.39, 0.29) is 0 Å². The predicted molar refractivity (Wildman–Crippen MR) is 82.0 cm³/mol. The Balaban J connectivity index is 2.31. The zero-order chi connectivity index (χ0) is 13.4. The number of hydrogen-bond acceptors (Lipinski definition) is 2. The lowest BCUT2D eigenvalue weighted by Crippen LogP contribution is -2.06. The number of hydrogen-bond donors (Lipinski definition) is 1. The second-order valence-corrected chi connectivity index (χ2v) is 5.62. The summed E-state index contributed by atoms with van der Waals surface area (Å²) in [5.41, 5.74) is 7.96. The maximum atomic E-state index is 4.94. The summed E-state index contributed by atoms with van der Waals surface area (Å²) in [7, 11) is 0. The summed E-state index contributed by atoms with van der Waals surface area (Å²) in [4.78, 5) is 4.94. The summed E-state index contributed by atoms with van der Waals surface area (Å²) >= 11 is 0. The highest BCUT2D eigenvalue weighted by Crippen LogP contribution is 2.36. The van der Waals surface area contributed by atoms with Crippen molar-refractivity contribution in [3.63, 3.8) is 0 Å². The number of rotatable bonds is 3. The third-order valence-electron chi connectivity index (χ3n) is 4.13. The average Bonchev–Trinajstić information content (AvgIpc) is 2.87. The van der Waals surface area contributed by atoms with Crippen molar-refractivity contribution in [2.45, 2.75) is 46.5 Å². The van der Waals surface area contributed by atoms with Gasteiger partial charge in [0.05, 0.1) is 5.52 Å². The number of aryl methyl sites for hydroxylation is 3. The van der Waals surface area contributed by atoms with Gasteiger partial charge in [-0.15, -0.1) is 0 Å². The molecular weight excluding hydrogens is 232 g/mol. The Bertz CT molecular complexity index is 629. The Morgan fingerprint density at radius 1 is 1.16 bits per heavy atom. The van der Waals surface area contributed by atoms with Gasteiger partial charge in [-0.25, -0.2) is 0 Å². The maximum absolute atomic E-state index is 4.94. The molecule has 0 atom stereocenters. The van der Waals surface area contributed by atoms with E-state index in [2.05, 4.69) is 38.2 Å². The average molecular weight is 254 g/mol. The molecule has 0 unspecified atom stereocenters. The molecule has 1 N–H and O–H groups in total. The molecule has 2 heteroatoms. The van der Waals surface area contributed by atoms with Crippen molar-refractivity contribution in [1.29, 1.82) is 0 Å². The number of benzene rings is 1. The van der Waals surface area contributed by atoms with Crippen LogP contribution in [0.15, 0.2) is 12.1 Å². The minimum Gasteiger partial charge on any atom is -0.384 e. The predicted octanol–water partition coefficient (Wildman–Crippen LogP) is 4.16. The number of pyridine rings is 1. The van der Waals surface area contributed by atoms with E-state index in [1.807, 2.05) is 0 Å². The normalized spacial score (nSPS) is 13.8.